The zero-order valence-electron chi connectivity index (χ0n) is 35.9. The highest BCUT2D eigenvalue weighted by molar-refractivity contribution is 7.93. The first-order valence-corrected chi connectivity index (χ1v) is 24.8. The number of amides is 2. The van der Waals surface area contributed by atoms with Gasteiger partial charge >= 0.3 is 6.18 Å². The Kier molecular flexibility index (Phi) is 14.2. The van der Waals surface area contributed by atoms with Crippen molar-refractivity contribution in [3.05, 3.63) is 161 Å². The van der Waals surface area contributed by atoms with Crippen molar-refractivity contribution in [2.75, 3.05) is 33.5 Å². The summed E-state index contributed by atoms with van der Waals surface area (Å²) in [5, 5.41) is 19.1. The van der Waals surface area contributed by atoms with Gasteiger partial charge in [0.1, 0.15) is 27.2 Å². The van der Waals surface area contributed by atoms with Gasteiger partial charge < -0.3 is 25.2 Å². The van der Waals surface area contributed by atoms with Crippen LogP contribution in [0.1, 0.15) is 32.1 Å². The molecule has 8 aromatic rings. The number of para-hydroxylation sites is 1. The second-order valence-electron chi connectivity index (χ2n) is 14.4. The number of aliphatic hydroxyl groups is 1. The van der Waals surface area contributed by atoms with Crippen LogP contribution in [-0.4, -0.2) is 72.5 Å². The average molecular weight is 1030 g/mol. The SMILES string of the molecule is COc1ncc(NC(=O)c2csc(-c3ccccc3)n2)cc1S(=O)(=O)N(COc1ncc(NC(=O)c2csc(-c3ccccc3)n2)cc1S(=O)(=O)Nc1ccccc1CO)c1ccc(C(F)(F)F)cn1. The number of sulfonamides is 2. The van der Waals surface area contributed by atoms with E-state index in [4.69, 9.17) is 9.47 Å². The number of aliphatic hydroxyl groups excluding tert-OH is 1. The number of pyridine rings is 3. The number of ether oxygens (including phenoxy) is 2. The number of halogens is 3. The number of nitrogens with one attached hydrogen (secondary N) is 3. The molecular weight excluding hydrogens is 996 g/mol. The Morgan fingerprint density at radius 2 is 1.24 bits per heavy atom. The normalized spacial score (nSPS) is 11.7. The van der Waals surface area contributed by atoms with Crippen molar-refractivity contribution in [2.24, 2.45) is 0 Å². The van der Waals surface area contributed by atoms with Gasteiger partial charge in [-0.1, -0.05) is 78.9 Å². The third kappa shape index (κ3) is 10.9. The Morgan fingerprint density at radius 3 is 1.77 bits per heavy atom. The minimum atomic E-state index is -5.12. The number of rotatable bonds is 17. The zero-order valence-corrected chi connectivity index (χ0v) is 39.1. The lowest BCUT2D eigenvalue weighted by atomic mass is 10.2. The molecule has 5 heterocycles. The predicted molar refractivity (Wildman–Crippen MR) is 254 cm³/mol. The molecule has 0 aliphatic carbocycles. The second-order valence-corrected chi connectivity index (χ2v) is 19.6. The molecule has 0 aliphatic heterocycles. The molecule has 70 heavy (non-hydrogen) atoms. The highest BCUT2D eigenvalue weighted by Crippen LogP contribution is 2.35. The number of anilines is 4. The minimum absolute atomic E-state index is 0.00781. The van der Waals surface area contributed by atoms with E-state index in [-0.39, 0.29) is 34.0 Å². The summed E-state index contributed by atoms with van der Waals surface area (Å²) in [6.07, 6.45) is -2.39. The van der Waals surface area contributed by atoms with E-state index in [9.17, 15) is 44.7 Å². The molecule has 0 saturated heterocycles. The van der Waals surface area contributed by atoms with Gasteiger partial charge in [-0.15, -0.1) is 22.7 Å². The summed E-state index contributed by atoms with van der Waals surface area (Å²) in [6.45, 7) is -1.79. The molecule has 18 nitrogen and oxygen atoms in total. The van der Waals surface area contributed by atoms with Crippen molar-refractivity contribution in [3.63, 3.8) is 0 Å². The lowest BCUT2D eigenvalue weighted by Crippen LogP contribution is -2.36. The van der Waals surface area contributed by atoms with Crippen LogP contribution in [0, 0.1) is 0 Å². The first-order valence-electron chi connectivity index (χ1n) is 20.1. The van der Waals surface area contributed by atoms with Crippen molar-refractivity contribution in [1.82, 2.24) is 24.9 Å². The molecule has 4 N–H and O–H groups in total. The molecule has 3 aromatic carbocycles. The standard InChI is InChI=1S/C45H34F3N9O9S4/c1-65-41-37(19-32(21-50-41)53-40(60)35-25-68-44(55-35)28-12-6-3-7-13-28)70(63,64)57(38-17-16-30(20-49-38)45(46,47)48)26-66-42-36(69(61,62)56-33-15-9-8-14-29(33)23-58)18-31(22-51-42)52-39(59)34-24-67-43(54-34)27-10-4-2-5-11-27/h2-22,24-25,56,58H,23,26H2,1H3,(H,52,59)(H,53,60). The van der Waals surface area contributed by atoms with Crippen LogP contribution in [0.2, 0.25) is 0 Å². The molecular formula is C45H34F3N9O9S4. The van der Waals surface area contributed by atoms with E-state index in [1.54, 1.807) is 54.6 Å². The minimum Gasteiger partial charge on any atom is -0.480 e. The summed E-state index contributed by atoms with van der Waals surface area (Å²) in [6, 6.07) is 27.1. The van der Waals surface area contributed by atoms with Crippen LogP contribution < -0.4 is 29.1 Å². The van der Waals surface area contributed by atoms with Gasteiger partial charge in [0.25, 0.3) is 31.9 Å². The Morgan fingerprint density at radius 1 is 0.700 bits per heavy atom. The van der Waals surface area contributed by atoms with Crippen LogP contribution in [0.4, 0.5) is 36.1 Å². The van der Waals surface area contributed by atoms with Crippen LogP contribution in [0.3, 0.4) is 0 Å². The monoisotopic (exact) mass is 1030 g/mol. The molecule has 0 fully saturated rings. The van der Waals surface area contributed by atoms with E-state index in [2.05, 4.69) is 40.3 Å². The van der Waals surface area contributed by atoms with Gasteiger partial charge in [-0.3, -0.25) is 14.3 Å². The molecule has 0 spiro atoms. The Bertz CT molecular complexity index is 3420. The van der Waals surface area contributed by atoms with E-state index >= 15 is 0 Å². The van der Waals surface area contributed by atoms with Gasteiger partial charge in [-0.2, -0.15) is 13.2 Å². The van der Waals surface area contributed by atoms with Gasteiger partial charge in [0.2, 0.25) is 11.8 Å². The Labute approximate surface area is 404 Å². The summed E-state index contributed by atoms with van der Waals surface area (Å²) in [4.78, 5) is 46.0. The quantitative estimate of drug-likeness (QED) is 0.0629. The topological polar surface area (TPSA) is 245 Å². The lowest BCUT2D eigenvalue weighted by molar-refractivity contribution is -0.137. The van der Waals surface area contributed by atoms with Crippen LogP contribution in [0.15, 0.2) is 148 Å². The van der Waals surface area contributed by atoms with E-state index in [0.717, 1.165) is 48.8 Å². The van der Waals surface area contributed by atoms with Crippen molar-refractivity contribution < 1.29 is 54.2 Å². The summed E-state index contributed by atoms with van der Waals surface area (Å²) in [7, 11) is -8.84. The zero-order chi connectivity index (χ0) is 49.6. The van der Waals surface area contributed by atoms with E-state index in [1.165, 1.54) is 51.6 Å². The fraction of sp³-hybridized carbons (Fsp3) is 0.0889. The van der Waals surface area contributed by atoms with Gasteiger partial charge in [0.15, 0.2) is 16.5 Å². The average Bonchev–Trinajstić information content (AvgIpc) is 4.07. The summed E-state index contributed by atoms with van der Waals surface area (Å²) >= 11 is 2.38. The van der Waals surface area contributed by atoms with Gasteiger partial charge in [-0.05, 0) is 30.3 Å². The van der Waals surface area contributed by atoms with Crippen molar-refractivity contribution >= 4 is 77.4 Å². The number of hydrogen-bond donors (Lipinski definition) is 4. The number of carbonyl (C=O) groups is 2. The number of nitrogens with zero attached hydrogens (tertiary/aromatic N) is 6. The summed E-state index contributed by atoms with van der Waals surface area (Å²) in [5.41, 5.74) is 0.00634. The molecule has 0 saturated carbocycles. The number of thiazole rings is 2. The first-order chi connectivity index (χ1) is 33.5. The van der Waals surface area contributed by atoms with E-state index in [0.29, 0.717) is 26.6 Å². The van der Waals surface area contributed by atoms with Crippen LogP contribution >= 0.6 is 22.7 Å². The Hall–Kier alpha value is -7.84. The number of carbonyl (C=O) groups excluding carboxylic acids is 2. The maximum atomic E-state index is 14.8. The Balaban J connectivity index is 1.14. The number of benzene rings is 3. The largest absolute Gasteiger partial charge is 0.480 e. The van der Waals surface area contributed by atoms with Crippen LogP contribution in [0.25, 0.3) is 21.1 Å². The first kappa shape index (κ1) is 48.6. The maximum absolute atomic E-state index is 14.8. The fourth-order valence-corrected chi connectivity index (χ4v) is 10.6. The van der Waals surface area contributed by atoms with E-state index in [1.807, 2.05) is 12.1 Å². The number of methoxy groups -OCH3 is 1. The number of hydrogen-bond acceptors (Lipinski definition) is 16. The summed E-state index contributed by atoms with van der Waals surface area (Å²) < 4.78 is 113. The lowest BCUT2D eigenvalue weighted by Gasteiger charge is -2.25. The molecule has 0 unspecified atom stereocenters. The molecule has 5 aromatic heterocycles. The fourth-order valence-electron chi connectivity index (χ4n) is 6.37. The molecule has 358 valence electrons. The molecule has 0 aliphatic rings. The van der Waals surface area contributed by atoms with Crippen molar-refractivity contribution in [3.8, 4) is 32.9 Å². The molecule has 2 amide bonds. The smallest absolute Gasteiger partial charge is 0.417 e. The molecule has 0 atom stereocenters. The second kappa shape index (κ2) is 20.4. The molecule has 8 rings (SSSR count). The summed E-state index contributed by atoms with van der Waals surface area (Å²) in [5.74, 6) is -3.42. The van der Waals surface area contributed by atoms with Crippen LogP contribution in [-0.2, 0) is 32.8 Å². The third-order valence-corrected chi connectivity index (χ3v) is 14.7. The highest BCUT2D eigenvalue weighted by Gasteiger charge is 2.35. The highest BCUT2D eigenvalue weighted by atomic mass is 32.2. The maximum Gasteiger partial charge on any atom is 0.417 e. The van der Waals surface area contributed by atoms with Gasteiger partial charge in [0.05, 0.1) is 48.7 Å². The van der Waals surface area contributed by atoms with Gasteiger partial charge in [-0.25, -0.2) is 46.1 Å². The third-order valence-electron chi connectivity index (χ3n) is 9.80. The molecule has 25 heteroatoms. The number of alkyl halides is 3. The molecule has 0 bridgehead atoms. The van der Waals surface area contributed by atoms with Crippen molar-refractivity contribution in [2.45, 2.75) is 22.6 Å². The predicted octanol–water partition coefficient (Wildman–Crippen LogP) is 8.18. The van der Waals surface area contributed by atoms with E-state index < -0.39 is 84.3 Å². The van der Waals surface area contributed by atoms with Crippen molar-refractivity contribution in [1.29, 1.82) is 0 Å². The molecule has 0 radical (unpaired) electrons. The van der Waals surface area contributed by atoms with Gasteiger partial charge in [0, 0.05) is 33.6 Å². The van der Waals surface area contributed by atoms with Crippen LogP contribution in [0.5, 0.6) is 11.8 Å². The number of aromatic nitrogens is 5.